The second-order valence-corrected chi connectivity index (χ2v) is 8.36. The second-order valence-electron chi connectivity index (χ2n) is 6.59. The van der Waals surface area contributed by atoms with E-state index in [0.717, 1.165) is 6.07 Å². The van der Waals surface area contributed by atoms with Crippen LogP contribution in [0.3, 0.4) is 0 Å². The summed E-state index contributed by atoms with van der Waals surface area (Å²) in [4.78, 5) is 23.7. The zero-order valence-electron chi connectivity index (χ0n) is 17.3. The molecule has 0 saturated heterocycles. The highest BCUT2D eigenvalue weighted by atomic mass is 32.2. The number of benzene rings is 2. The zero-order chi connectivity index (χ0) is 24.1. The first-order valence-electron chi connectivity index (χ1n) is 9.66. The number of rotatable bonds is 10. The lowest BCUT2D eigenvalue weighted by atomic mass is 10.3. The third-order valence-electron chi connectivity index (χ3n) is 4.12. The van der Waals surface area contributed by atoms with Crippen molar-refractivity contribution in [1.29, 1.82) is 0 Å². The van der Waals surface area contributed by atoms with Crippen molar-refractivity contribution in [1.82, 2.24) is 4.72 Å². The number of amides is 1. The number of ether oxygens (including phenoxy) is 4. The van der Waals surface area contributed by atoms with Crippen molar-refractivity contribution in [2.75, 3.05) is 25.1 Å². The Balaban J connectivity index is 1.40. The molecule has 0 spiro atoms. The number of hydrogen-bond acceptors (Lipinski definition) is 8. The maximum absolute atomic E-state index is 13.0. The van der Waals surface area contributed by atoms with Crippen LogP contribution in [0.15, 0.2) is 47.4 Å². The van der Waals surface area contributed by atoms with Crippen molar-refractivity contribution in [2.45, 2.75) is 24.5 Å². The van der Waals surface area contributed by atoms with Gasteiger partial charge in [-0.25, -0.2) is 13.1 Å². The lowest BCUT2D eigenvalue weighted by Crippen LogP contribution is -2.28. The van der Waals surface area contributed by atoms with Gasteiger partial charge in [-0.2, -0.15) is 0 Å². The Kier molecular flexibility index (Phi) is 7.33. The predicted molar refractivity (Wildman–Crippen MR) is 110 cm³/mol. The Morgan fingerprint density at radius 1 is 1.06 bits per heavy atom. The molecule has 1 aliphatic heterocycles. The molecule has 3 rings (SSSR count). The van der Waals surface area contributed by atoms with Crippen LogP contribution in [-0.4, -0.2) is 46.3 Å². The van der Waals surface area contributed by atoms with Gasteiger partial charge in [0.25, 0.3) is 5.91 Å². The largest absolute Gasteiger partial charge is 0.586 e. The van der Waals surface area contributed by atoms with E-state index in [2.05, 4.69) is 19.5 Å². The maximum atomic E-state index is 13.0. The monoisotopic (exact) mass is 486 g/mol. The fraction of sp³-hybridized carbons (Fsp3) is 0.300. The van der Waals surface area contributed by atoms with E-state index in [0.29, 0.717) is 12.4 Å². The lowest BCUT2D eigenvalue weighted by Gasteiger charge is -2.09. The van der Waals surface area contributed by atoms with Crippen LogP contribution in [0.25, 0.3) is 0 Å². The van der Waals surface area contributed by atoms with Crippen LogP contribution < -0.4 is 24.2 Å². The molecule has 2 aromatic carbocycles. The molecule has 178 valence electrons. The number of carbonyl (C=O) groups is 2. The van der Waals surface area contributed by atoms with Gasteiger partial charge in [-0.3, -0.25) is 9.59 Å². The minimum Gasteiger partial charge on any atom is -0.494 e. The van der Waals surface area contributed by atoms with Gasteiger partial charge in [-0.1, -0.05) is 0 Å². The summed E-state index contributed by atoms with van der Waals surface area (Å²) in [6.45, 7) is 1.34. The molecule has 1 amide bonds. The summed E-state index contributed by atoms with van der Waals surface area (Å²) in [5.74, 6) is -1.46. The summed E-state index contributed by atoms with van der Waals surface area (Å²) in [5, 5.41) is 2.35. The molecule has 10 nitrogen and oxygen atoms in total. The van der Waals surface area contributed by atoms with Gasteiger partial charge in [0.2, 0.25) is 10.0 Å². The van der Waals surface area contributed by atoms with Gasteiger partial charge in [0.15, 0.2) is 18.1 Å². The number of esters is 1. The molecule has 2 aromatic rings. The molecule has 0 atom stereocenters. The fourth-order valence-electron chi connectivity index (χ4n) is 2.69. The van der Waals surface area contributed by atoms with E-state index in [-0.39, 0.29) is 35.0 Å². The van der Waals surface area contributed by atoms with E-state index in [4.69, 9.17) is 9.47 Å². The summed E-state index contributed by atoms with van der Waals surface area (Å²) < 4.78 is 71.3. The van der Waals surface area contributed by atoms with E-state index < -0.39 is 34.8 Å². The molecule has 0 unspecified atom stereocenters. The predicted octanol–water partition coefficient (Wildman–Crippen LogP) is 2.26. The molecule has 1 aliphatic rings. The molecule has 1 heterocycles. The van der Waals surface area contributed by atoms with Crippen LogP contribution in [0.2, 0.25) is 0 Å². The van der Waals surface area contributed by atoms with Crippen LogP contribution in [0.4, 0.5) is 14.5 Å². The van der Waals surface area contributed by atoms with Crippen LogP contribution in [0, 0.1) is 0 Å². The first-order chi connectivity index (χ1) is 15.6. The number of fused-ring (bicyclic) bond motifs is 1. The summed E-state index contributed by atoms with van der Waals surface area (Å²) >= 11 is 0. The molecule has 33 heavy (non-hydrogen) atoms. The van der Waals surface area contributed by atoms with Gasteiger partial charge in [-0.05, 0) is 43.3 Å². The number of sulfonamides is 1. The van der Waals surface area contributed by atoms with Crippen LogP contribution in [0.5, 0.6) is 17.2 Å². The molecule has 2 N–H and O–H groups in total. The smallest absolute Gasteiger partial charge is 0.494 e. The summed E-state index contributed by atoms with van der Waals surface area (Å²) in [5.41, 5.74) is 0.124. The van der Waals surface area contributed by atoms with Crippen molar-refractivity contribution >= 4 is 27.6 Å². The molecule has 0 saturated carbocycles. The number of halogens is 2. The van der Waals surface area contributed by atoms with Gasteiger partial charge < -0.3 is 24.3 Å². The van der Waals surface area contributed by atoms with Gasteiger partial charge in [0, 0.05) is 18.3 Å². The third-order valence-corrected chi connectivity index (χ3v) is 5.59. The highest BCUT2D eigenvalue weighted by Gasteiger charge is 2.43. The van der Waals surface area contributed by atoms with Gasteiger partial charge in [0.05, 0.1) is 17.9 Å². The van der Waals surface area contributed by atoms with Crippen LogP contribution in [0.1, 0.15) is 13.3 Å². The van der Waals surface area contributed by atoms with Crippen LogP contribution in [-0.2, 0) is 24.3 Å². The number of anilines is 1. The highest BCUT2D eigenvalue weighted by molar-refractivity contribution is 7.89. The van der Waals surface area contributed by atoms with Crippen molar-refractivity contribution in [3.05, 3.63) is 42.5 Å². The van der Waals surface area contributed by atoms with E-state index >= 15 is 0 Å². The normalized spacial score (nSPS) is 13.9. The van der Waals surface area contributed by atoms with Crippen molar-refractivity contribution < 1.29 is 45.7 Å². The number of alkyl halides is 2. The van der Waals surface area contributed by atoms with E-state index in [9.17, 15) is 26.8 Å². The molecule has 13 heteroatoms. The molecule has 0 bridgehead atoms. The molecule has 0 aromatic heterocycles. The first kappa shape index (κ1) is 24.2. The Labute approximate surface area is 187 Å². The minimum atomic E-state index is -3.84. The SMILES string of the molecule is CCOc1ccc(S(=O)(=O)NCCC(=O)OCC(=O)Nc2ccc3c(c2)OC(F)(F)O3)cc1. The topological polar surface area (TPSA) is 129 Å². The molecule has 0 fully saturated rings. The molecule has 0 aliphatic carbocycles. The maximum Gasteiger partial charge on any atom is 0.586 e. The van der Waals surface area contributed by atoms with E-state index in [1.165, 1.54) is 36.4 Å². The van der Waals surface area contributed by atoms with E-state index in [1.54, 1.807) is 6.92 Å². The first-order valence-corrected chi connectivity index (χ1v) is 11.1. The Bertz CT molecular complexity index is 1120. The Morgan fingerprint density at radius 2 is 1.76 bits per heavy atom. The standard InChI is InChI=1S/C20H20F2N2O8S/c1-2-29-14-4-6-15(7-5-14)33(27,28)23-10-9-19(26)30-12-18(25)24-13-3-8-16-17(11-13)32-20(21,22)31-16/h3-8,11,23H,2,9-10,12H2,1H3,(H,24,25). The second kappa shape index (κ2) is 10.0. The van der Waals surface area contributed by atoms with Crippen molar-refractivity contribution in [3.63, 3.8) is 0 Å². The van der Waals surface area contributed by atoms with Crippen molar-refractivity contribution in [2.24, 2.45) is 0 Å². The quantitative estimate of drug-likeness (QED) is 0.490. The Hall–Kier alpha value is -3.45. The number of carbonyl (C=O) groups excluding carboxylic acids is 2. The van der Waals surface area contributed by atoms with Gasteiger partial charge in [0.1, 0.15) is 5.75 Å². The summed E-state index contributed by atoms with van der Waals surface area (Å²) in [7, 11) is -3.84. The Morgan fingerprint density at radius 3 is 2.45 bits per heavy atom. The number of nitrogens with one attached hydrogen (secondary N) is 2. The zero-order valence-corrected chi connectivity index (χ0v) is 18.1. The number of hydrogen-bond donors (Lipinski definition) is 2. The van der Waals surface area contributed by atoms with E-state index in [1.807, 2.05) is 0 Å². The summed E-state index contributed by atoms with van der Waals surface area (Å²) in [6.07, 6.45) is -4.10. The average molecular weight is 486 g/mol. The third kappa shape index (κ3) is 6.76. The van der Waals surface area contributed by atoms with Gasteiger partial charge in [-0.15, -0.1) is 8.78 Å². The molecular weight excluding hydrogens is 466 g/mol. The van der Waals surface area contributed by atoms with Gasteiger partial charge >= 0.3 is 12.3 Å². The molecular formula is C20H20F2N2O8S. The van der Waals surface area contributed by atoms with Crippen molar-refractivity contribution in [3.8, 4) is 17.2 Å². The summed E-state index contributed by atoms with van der Waals surface area (Å²) in [6, 6.07) is 9.38. The lowest BCUT2D eigenvalue weighted by molar-refractivity contribution is -0.286. The molecule has 0 radical (unpaired) electrons. The van der Waals surface area contributed by atoms with Crippen LogP contribution >= 0.6 is 0 Å². The highest BCUT2D eigenvalue weighted by Crippen LogP contribution is 2.42. The average Bonchev–Trinajstić information content (AvgIpc) is 3.06. The minimum absolute atomic E-state index is 0.000173. The fourth-order valence-corrected chi connectivity index (χ4v) is 3.73.